The number of nitrogens with zero attached hydrogens (tertiary/aromatic N) is 2. The van der Waals surface area contributed by atoms with Gasteiger partial charge < -0.3 is 20.3 Å². The molecule has 6 nitrogen and oxygen atoms in total. The fourth-order valence-corrected chi connectivity index (χ4v) is 4.04. The summed E-state index contributed by atoms with van der Waals surface area (Å²) in [5, 5.41) is 0. The molecule has 156 valence electrons. The fraction of sp³-hybridized carbons (Fsp3) is 0.619. The van der Waals surface area contributed by atoms with Gasteiger partial charge in [0.05, 0.1) is 0 Å². The number of carbonyl (C=O) groups excluding carboxylic acids is 2. The highest BCUT2D eigenvalue weighted by molar-refractivity contribution is 5.85. The predicted octanol–water partition coefficient (Wildman–Crippen LogP) is 2.37. The lowest BCUT2D eigenvalue weighted by atomic mass is 9.85. The van der Waals surface area contributed by atoms with Crippen molar-refractivity contribution in [1.82, 2.24) is 9.80 Å². The zero-order valence-corrected chi connectivity index (χ0v) is 17.6. The first-order valence-corrected chi connectivity index (χ1v) is 10.0. The van der Waals surface area contributed by atoms with E-state index < -0.39 is 6.10 Å². The van der Waals surface area contributed by atoms with E-state index in [0.717, 1.165) is 37.0 Å². The molecule has 0 spiro atoms. The molecular weight excluding hydrogens is 378 g/mol. The molecule has 0 radical (unpaired) electrons. The molecule has 2 amide bonds. The van der Waals surface area contributed by atoms with Gasteiger partial charge in [-0.3, -0.25) is 9.59 Å². The normalized spacial score (nSPS) is 23.5. The third-order valence-corrected chi connectivity index (χ3v) is 5.71. The summed E-state index contributed by atoms with van der Waals surface area (Å²) in [4.78, 5) is 29.2. The Bertz CT molecular complexity index is 677. The highest BCUT2D eigenvalue weighted by atomic mass is 35.5. The summed E-state index contributed by atoms with van der Waals surface area (Å²) < 4.78 is 5.86. The maximum Gasteiger partial charge on any atom is 0.263 e. The summed E-state index contributed by atoms with van der Waals surface area (Å²) in [6, 6.07) is 7.85. The number of carbonyl (C=O) groups is 2. The second-order valence-corrected chi connectivity index (χ2v) is 7.80. The van der Waals surface area contributed by atoms with Crippen molar-refractivity contribution in [2.75, 3.05) is 26.2 Å². The standard InChI is InChI=1S/C21H31N3O3.ClH/c1-15-6-3-4-9-19(15)27-16(2)20(25)23-10-12-24(13-11-23)21(26)17-7-5-8-18(22)14-17;/h3-4,6,9,16-18H,5,7-8,10-14,22H2,1-2H3;1H. The maximum atomic E-state index is 12.7. The minimum atomic E-state index is -0.537. The van der Waals surface area contributed by atoms with Crippen molar-refractivity contribution in [2.45, 2.75) is 51.7 Å². The quantitative estimate of drug-likeness (QED) is 0.828. The second kappa shape index (κ2) is 10.1. The van der Waals surface area contributed by atoms with Gasteiger partial charge in [-0.1, -0.05) is 24.6 Å². The van der Waals surface area contributed by atoms with Gasteiger partial charge in [-0.25, -0.2) is 0 Å². The van der Waals surface area contributed by atoms with Crippen LogP contribution >= 0.6 is 12.4 Å². The fourth-order valence-electron chi connectivity index (χ4n) is 4.04. The summed E-state index contributed by atoms with van der Waals surface area (Å²) >= 11 is 0. The molecular formula is C21H32ClN3O3. The third kappa shape index (κ3) is 5.39. The molecule has 1 aromatic rings. The van der Waals surface area contributed by atoms with E-state index >= 15 is 0 Å². The summed E-state index contributed by atoms with van der Waals surface area (Å²) in [5.41, 5.74) is 7.04. The van der Waals surface area contributed by atoms with Crippen LogP contribution in [-0.4, -0.2) is 59.9 Å². The van der Waals surface area contributed by atoms with Gasteiger partial charge in [0, 0.05) is 38.1 Å². The number of para-hydroxylation sites is 1. The van der Waals surface area contributed by atoms with E-state index in [1.807, 2.05) is 36.1 Å². The van der Waals surface area contributed by atoms with Crippen molar-refractivity contribution >= 4 is 24.2 Å². The van der Waals surface area contributed by atoms with E-state index in [9.17, 15) is 9.59 Å². The van der Waals surface area contributed by atoms with Crippen LogP contribution in [0.1, 0.15) is 38.2 Å². The number of hydrogen-bond donors (Lipinski definition) is 1. The van der Waals surface area contributed by atoms with Gasteiger partial charge in [0.25, 0.3) is 5.91 Å². The van der Waals surface area contributed by atoms with E-state index in [-0.39, 0.29) is 36.2 Å². The molecule has 3 unspecified atom stereocenters. The first-order chi connectivity index (χ1) is 13.0. The summed E-state index contributed by atoms with van der Waals surface area (Å²) in [6.07, 6.45) is 3.24. The molecule has 28 heavy (non-hydrogen) atoms. The van der Waals surface area contributed by atoms with E-state index in [4.69, 9.17) is 10.5 Å². The zero-order chi connectivity index (χ0) is 19.4. The molecule has 2 aliphatic rings. The zero-order valence-electron chi connectivity index (χ0n) is 16.8. The van der Waals surface area contributed by atoms with Crippen LogP contribution in [-0.2, 0) is 9.59 Å². The minimum Gasteiger partial charge on any atom is -0.481 e. The molecule has 2 N–H and O–H groups in total. The summed E-state index contributed by atoms with van der Waals surface area (Å²) in [6.45, 7) is 6.06. The number of benzene rings is 1. The molecule has 1 aromatic carbocycles. The lowest BCUT2D eigenvalue weighted by molar-refractivity contribution is -0.146. The molecule has 1 saturated heterocycles. The Morgan fingerprint density at radius 1 is 1.11 bits per heavy atom. The molecule has 0 bridgehead atoms. The first kappa shape index (κ1) is 22.5. The molecule has 1 aliphatic heterocycles. The number of nitrogens with two attached hydrogens (primary N) is 1. The molecule has 1 aliphatic carbocycles. The Balaban J connectivity index is 0.00000280. The average Bonchev–Trinajstić information content (AvgIpc) is 2.68. The van der Waals surface area contributed by atoms with Gasteiger partial charge in [-0.05, 0) is 44.7 Å². The van der Waals surface area contributed by atoms with Gasteiger partial charge in [-0.2, -0.15) is 0 Å². The highest BCUT2D eigenvalue weighted by Crippen LogP contribution is 2.25. The average molecular weight is 410 g/mol. The minimum absolute atomic E-state index is 0. The van der Waals surface area contributed by atoms with Crippen LogP contribution in [0.25, 0.3) is 0 Å². The van der Waals surface area contributed by atoms with Crippen molar-refractivity contribution < 1.29 is 14.3 Å². The first-order valence-electron chi connectivity index (χ1n) is 10.0. The summed E-state index contributed by atoms with van der Waals surface area (Å²) in [7, 11) is 0. The van der Waals surface area contributed by atoms with Gasteiger partial charge >= 0.3 is 0 Å². The maximum absolute atomic E-state index is 12.7. The van der Waals surface area contributed by atoms with Crippen LogP contribution in [0, 0.1) is 12.8 Å². The number of ether oxygens (including phenoxy) is 1. The molecule has 3 rings (SSSR count). The van der Waals surface area contributed by atoms with Crippen molar-refractivity contribution in [3.8, 4) is 5.75 Å². The van der Waals surface area contributed by atoms with Crippen LogP contribution in [0.15, 0.2) is 24.3 Å². The summed E-state index contributed by atoms with van der Waals surface area (Å²) in [5.74, 6) is 0.978. The Morgan fingerprint density at radius 2 is 1.75 bits per heavy atom. The van der Waals surface area contributed by atoms with Gasteiger partial charge in [0.1, 0.15) is 5.75 Å². The number of rotatable bonds is 4. The van der Waals surface area contributed by atoms with Gasteiger partial charge in [-0.15, -0.1) is 12.4 Å². The van der Waals surface area contributed by atoms with E-state index in [1.165, 1.54) is 0 Å². The van der Waals surface area contributed by atoms with Crippen LogP contribution < -0.4 is 10.5 Å². The molecule has 2 fully saturated rings. The number of amides is 2. The number of halogens is 1. The van der Waals surface area contributed by atoms with Crippen LogP contribution in [0.5, 0.6) is 5.75 Å². The topological polar surface area (TPSA) is 75.9 Å². The van der Waals surface area contributed by atoms with Gasteiger partial charge in [0.2, 0.25) is 5.91 Å². The van der Waals surface area contributed by atoms with Crippen molar-refractivity contribution in [1.29, 1.82) is 0 Å². The number of hydrogen-bond acceptors (Lipinski definition) is 4. The van der Waals surface area contributed by atoms with Crippen LogP contribution in [0.3, 0.4) is 0 Å². The predicted molar refractivity (Wildman–Crippen MR) is 112 cm³/mol. The van der Waals surface area contributed by atoms with E-state index in [1.54, 1.807) is 11.8 Å². The Labute approximate surface area is 173 Å². The SMILES string of the molecule is Cc1ccccc1OC(C)C(=O)N1CCN(C(=O)C2CCCC(N)C2)CC1.Cl. The van der Waals surface area contributed by atoms with Crippen molar-refractivity contribution in [3.05, 3.63) is 29.8 Å². The molecule has 7 heteroatoms. The molecule has 3 atom stereocenters. The number of aryl methyl sites for hydroxylation is 1. The van der Waals surface area contributed by atoms with E-state index in [0.29, 0.717) is 26.2 Å². The van der Waals surface area contributed by atoms with Gasteiger partial charge in [0.15, 0.2) is 6.10 Å². The van der Waals surface area contributed by atoms with Crippen LogP contribution in [0.2, 0.25) is 0 Å². The molecule has 1 heterocycles. The highest BCUT2D eigenvalue weighted by Gasteiger charge is 2.32. The largest absolute Gasteiger partial charge is 0.481 e. The van der Waals surface area contributed by atoms with Crippen LogP contribution in [0.4, 0.5) is 0 Å². The Morgan fingerprint density at radius 3 is 2.39 bits per heavy atom. The monoisotopic (exact) mass is 409 g/mol. The smallest absolute Gasteiger partial charge is 0.263 e. The lowest BCUT2D eigenvalue weighted by Crippen LogP contribution is -2.54. The Hall–Kier alpha value is -1.79. The third-order valence-electron chi connectivity index (χ3n) is 5.71. The number of piperazine rings is 1. The van der Waals surface area contributed by atoms with E-state index in [2.05, 4.69) is 0 Å². The second-order valence-electron chi connectivity index (χ2n) is 7.80. The molecule has 0 aromatic heterocycles. The Kier molecular flexibility index (Phi) is 8.13. The molecule has 1 saturated carbocycles. The van der Waals surface area contributed by atoms with Crippen molar-refractivity contribution in [2.24, 2.45) is 11.7 Å². The lowest BCUT2D eigenvalue weighted by Gasteiger charge is -2.38. The van der Waals surface area contributed by atoms with Crippen molar-refractivity contribution in [3.63, 3.8) is 0 Å².